The first-order valence-electron chi connectivity index (χ1n) is 7.48. The number of aromatic nitrogens is 2. The zero-order valence-electron chi connectivity index (χ0n) is 13.3. The minimum absolute atomic E-state index is 0.296. The van der Waals surface area contributed by atoms with Gasteiger partial charge in [-0.05, 0) is 30.5 Å². The smallest absolute Gasteiger partial charge is 0.119 e. The van der Waals surface area contributed by atoms with Crippen molar-refractivity contribution in [2.24, 2.45) is 13.0 Å². The summed E-state index contributed by atoms with van der Waals surface area (Å²) < 4.78 is 7.52. The second-order valence-corrected chi connectivity index (χ2v) is 5.90. The molecule has 0 aliphatic rings. The number of hydrogen-bond donors (Lipinski definition) is 1. The zero-order valence-corrected chi connectivity index (χ0v) is 13.3. The maximum Gasteiger partial charge on any atom is 0.119 e. The van der Waals surface area contributed by atoms with Crippen LogP contribution in [0, 0.1) is 5.92 Å². The molecular weight excluding hydrogens is 262 g/mol. The Hall–Kier alpha value is -1.81. The Kier molecular flexibility index (Phi) is 5.39. The van der Waals surface area contributed by atoms with Gasteiger partial charge in [-0.3, -0.25) is 4.68 Å². The molecule has 4 nitrogen and oxygen atoms in total. The van der Waals surface area contributed by atoms with Crippen molar-refractivity contribution in [1.82, 2.24) is 15.1 Å². The molecule has 0 saturated heterocycles. The summed E-state index contributed by atoms with van der Waals surface area (Å²) in [4.78, 5) is 0. The van der Waals surface area contributed by atoms with Crippen molar-refractivity contribution >= 4 is 0 Å². The van der Waals surface area contributed by atoms with Gasteiger partial charge in [-0.15, -0.1) is 0 Å². The van der Waals surface area contributed by atoms with Crippen LogP contribution in [0.25, 0.3) is 0 Å². The monoisotopic (exact) mass is 287 g/mol. The highest BCUT2D eigenvalue weighted by molar-refractivity contribution is 5.29. The van der Waals surface area contributed by atoms with Crippen LogP contribution in [0.5, 0.6) is 5.75 Å². The van der Waals surface area contributed by atoms with E-state index in [-0.39, 0.29) is 0 Å². The lowest BCUT2D eigenvalue weighted by molar-refractivity contribution is 0.271. The molecule has 1 heterocycles. The van der Waals surface area contributed by atoms with Gasteiger partial charge in [0, 0.05) is 31.4 Å². The van der Waals surface area contributed by atoms with Gasteiger partial charge in [0.05, 0.1) is 12.8 Å². The van der Waals surface area contributed by atoms with Gasteiger partial charge in [0.1, 0.15) is 5.75 Å². The molecule has 1 aromatic heterocycles. The van der Waals surface area contributed by atoms with E-state index in [9.17, 15) is 0 Å². The fourth-order valence-corrected chi connectivity index (χ4v) is 2.07. The van der Waals surface area contributed by atoms with Crippen LogP contribution in [0.4, 0.5) is 0 Å². The number of benzene rings is 1. The average Bonchev–Trinajstić information content (AvgIpc) is 2.89. The SMILES string of the molecule is CC(C)COc1ccc(C(C)NCc2cnn(C)c2)cc1. The summed E-state index contributed by atoms with van der Waals surface area (Å²) in [6.45, 7) is 8.05. The topological polar surface area (TPSA) is 39.1 Å². The van der Waals surface area contributed by atoms with E-state index in [1.807, 2.05) is 36.3 Å². The average molecular weight is 287 g/mol. The van der Waals surface area contributed by atoms with E-state index < -0.39 is 0 Å². The maximum atomic E-state index is 5.70. The van der Waals surface area contributed by atoms with E-state index in [2.05, 4.69) is 43.3 Å². The van der Waals surface area contributed by atoms with Crippen molar-refractivity contribution in [3.63, 3.8) is 0 Å². The van der Waals surface area contributed by atoms with Crippen LogP contribution in [-0.4, -0.2) is 16.4 Å². The van der Waals surface area contributed by atoms with Crippen molar-refractivity contribution in [3.8, 4) is 5.75 Å². The Morgan fingerprint density at radius 1 is 1.19 bits per heavy atom. The summed E-state index contributed by atoms with van der Waals surface area (Å²) in [5.41, 5.74) is 2.46. The van der Waals surface area contributed by atoms with E-state index in [1.54, 1.807) is 0 Å². The third kappa shape index (κ3) is 4.90. The molecule has 1 N–H and O–H groups in total. The highest BCUT2D eigenvalue weighted by Gasteiger charge is 2.06. The Morgan fingerprint density at radius 2 is 1.90 bits per heavy atom. The molecule has 1 atom stereocenters. The molecule has 114 valence electrons. The van der Waals surface area contributed by atoms with Crippen molar-refractivity contribution in [1.29, 1.82) is 0 Å². The lowest BCUT2D eigenvalue weighted by Crippen LogP contribution is -2.17. The molecule has 1 unspecified atom stereocenters. The normalized spacial score (nSPS) is 12.6. The van der Waals surface area contributed by atoms with Crippen molar-refractivity contribution < 1.29 is 4.74 Å². The predicted octanol–water partition coefficient (Wildman–Crippen LogP) is 3.31. The molecule has 2 aromatic rings. The number of nitrogens with one attached hydrogen (secondary N) is 1. The Morgan fingerprint density at radius 3 is 2.48 bits per heavy atom. The molecule has 0 amide bonds. The van der Waals surface area contributed by atoms with Gasteiger partial charge in [-0.2, -0.15) is 5.10 Å². The molecule has 4 heteroatoms. The molecule has 0 aliphatic heterocycles. The number of nitrogens with zero attached hydrogens (tertiary/aromatic N) is 2. The quantitative estimate of drug-likeness (QED) is 0.849. The van der Waals surface area contributed by atoms with E-state index >= 15 is 0 Å². The maximum absolute atomic E-state index is 5.70. The summed E-state index contributed by atoms with van der Waals surface area (Å²) >= 11 is 0. The van der Waals surface area contributed by atoms with Crippen molar-refractivity contribution in [3.05, 3.63) is 47.8 Å². The summed E-state index contributed by atoms with van der Waals surface area (Å²) in [7, 11) is 1.93. The lowest BCUT2D eigenvalue weighted by atomic mass is 10.1. The summed E-state index contributed by atoms with van der Waals surface area (Å²) in [6, 6.07) is 8.62. The largest absolute Gasteiger partial charge is 0.493 e. The van der Waals surface area contributed by atoms with Crippen molar-refractivity contribution in [2.45, 2.75) is 33.4 Å². The number of rotatable bonds is 7. The Balaban J connectivity index is 1.85. The van der Waals surface area contributed by atoms with E-state index in [1.165, 1.54) is 11.1 Å². The fraction of sp³-hybridized carbons (Fsp3) is 0.471. The van der Waals surface area contributed by atoms with Gasteiger partial charge in [-0.1, -0.05) is 26.0 Å². The Labute approximate surface area is 127 Å². The van der Waals surface area contributed by atoms with Gasteiger partial charge < -0.3 is 10.1 Å². The molecule has 0 aliphatic carbocycles. The second-order valence-electron chi connectivity index (χ2n) is 5.90. The molecule has 0 radical (unpaired) electrons. The van der Waals surface area contributed by atoms with E-state index in [4.69, 9.17) is 4.74 Å². The van der Waals surface area contributed by atoms with Crippen LogP contribution >= 0.6 is 0 Å². The van der Waals surface area contributed by atoms with Crippen LogP contribution in [0.3, 0.4) is 0 Å². The van der Waals surface area contributed by atoms with Gasteiger partial charge in [0.15, 0.2) is 0 Å². The molecule has 0 fully saturated rings. The van der Waals surface area contributed by atoms with Gasteiger partial charge in [-0.25, -0.2) is 0 Å². The zero-order chi connectivity index (χ0) is 15.2. The molecule has 0 saturated carbocycles. The van der Waals surface area contributed by atoms with Crippen LogP contribution in [0.1, 0.15) is 37.9 Å². The first-order valence-corrected chi connectivity index (χ1v) is 7.48. The molecule has 0 spiro atoms. The summed E-state index contributed by atoms with van der Waals surface area (Å²) in [6.07, 6.45) is 3.92. The molecule has 0 bridgehead atoms. The molecule has 1 aromatic carbocycles. The predicted molar refractivity (Wildman–Crippen MR) is 85.2 cm³/mol. The van der Waals surface area contributed by atoms with E-state index in [0.29, 0.717) is 12.0 Å². The number of aryl methyl sites for hydroxylation is 1. The Bertz CT molecular complexity index is 545. The molecule has 21 heavy (non-hydrogen) atoms. The number of ether oxygens (including phenoxy) is 1. The third-order valence-electron chi connectivity index (χ3n) is 3.33. The van der Waals surface area contributed by atoms with Gasteiger partial charge >= 0.3 is 0 Å². The van der Waals surface area contributed by atoms with Gasteiger partial charge in [0.25, 0.3) is 0 Å². The number of hydrogen-bond acceptors (Lipinski definition) is 3. The standard InChI is InChI=1S/C17H25N3O/c1-13(2)12-21-17-7-5-16(6-8-17)14(3)18-9-15-10-19-20(4)11-15/h5-8,10-11,13-14,18H,9,12H2,1-4H3. The van der Waals surface area contributed by atoms with Crippen LogP contribution in [0.15, 0.2) is 36.7 Å². The highest BCUT2D eigenvalue weighted by Crippen LogP contribution is 2.18. The van der Waals surface area contributed by atoms with Crippen LogP contribution in [-0.2, 0) is 13.6 Å². The lowest BCUT2D eigenvalue weighted by Gasteiger charge is -2.15. The van der Waals surface area contributed by atoms with Crippen molar-refractivity contribution in [2.75, 3.05) is 6.61 Å². The van der Waals surface area contributed by atoms with Crippen LogP contribution in [0.2, 0.25) is 0 Å². The second kappa shape index (κ2) is 7.27. The van der Waals surface area contributed by atoms with Gasteiger partial charge in [0.2, 0.25) is 0 Å². The first-order chi connectivity index (χ1) is 10.0. The highest BCUT2D eigenvalue weighted by atomic mass is 16.5. The molecule has 2 rings (SSSR count). The summed E-state index contributed by atoms with van der Waals surface area (Å²) in [5.74, 6) is 1.48. The summed E-state index contributed by atoms with van der Waals surface area (Å²) in [5, 5.41) is 7.68. The third-order valence-corrected chi connectivity index (χ3v) is 3.33. The fourth-order valence-electron chi connectivity index (χ4n) is 2.07. The minimum Gasteiger partial charge on any atom is -0.493 e. The van der Waals surface area contributed by atoms with Crippen LogP contribution < -0.4 is 10.1 Å². The van der Waals surface area contributed by atoms with E-state index in [0.717, 1.165) is 18.9 Å². The first kappa shape index (κ1) is 15.6. The minimum atomic E-state index is 0.296. The molecular formula is C17H25N3O.